The summed E-state index contributed by atoms with van der Waals surface area (Å²) in [6.45, 7) is 3.09. The lowest BCUT2D eigenvalue weighted by Crippen LogP contribution is -2.22. The van der Waals surface area contributed by atoms with E-state index < -0.39 is 30.7 Å². The van der Waals surface area contributed by atoms with Crippen molar-refractivity contribution in [1.29, 1.82) is 0 Å². The van der Waals surface area contributed by atoms with Gasteiger partial charge in [0.2, 0.25) is 5.92 Å². The van der Waals surface area contributed by atoms with Crippen molar-refractivity contribution in [3.05, 3.63) is 40.8 Å². The number of ether oxygens (including phenoxy) is 1. The van der Waals surface area contributed by atoms with Crippen molar-refractivity contribution in [3.63, 3.8) is 0 Å². The van der Waals surface area contributed by atoms with Crippen LogP contribution < -0.4 is 10.1 Å². The third kappa shape index (κ3) is 7.08. The lowest BCUT2D eigenvalue weighted by molar-refractivity contribution is -0.138. The zero-order valence-corrected chi connectivity index (χ0v) is 20.2. The van der Waals surface area contributed by atoms with E-state index in [0.29, 0.717) is 37.4 Å². The molecule has 7 nitrogen and oxygen atoms in total. The van der Waals surface area contributed by atoms with Gasteiger partial charge in [-0.1, -0.05) is 6.07 Å². The van der Waals surface area contributed by atoms with Gasteiger partial charge in [-0.2, -0.15) is 0 Å². The summed E-state index contributed by atoms with van der Waals surface area (Å²) >= 11 is 0. The van der Waals surface area contributed by atoms with Crippen molar-refractivity contribution in [1.82, 2.24) is 15.0 Å². The van der Waals surface area contributed by atoms with Gasteiger partial charge in [0.15, 0.2) is 0 Å². The second-order valence-corrected chi connectivity index (χ2v) is 9.63. The van der Waals surface area contributed by atoms with Crippen LogP contribution >= 0.6 is 0 Å². The Morgan fingerprint density at radius 2 is 2.06 bits per heavy atom. The smallest absolute Gasteiger partial charge is 0.316 e. The summed E-state index contributed by atoms with van der Waals surface area (Å²) in [5, 5.41) is 12.6. The number of aliphatic carboxylic acids is 1. The molecule has 2 aliphatic rings. The number of nitrogens with zero attached hydrogens (tertiary/aromatic N) is 3. The van der Waals surface area contributed by atoms with Crippen LogP contribution in [0, 0.1) is 0 Å². The molecule has 1 atom stereocenters. The number of unbranched alkanes of at least 4 members (excludes halogenated alkanes) is 1. The molecule has 0 spiro atoms. The first-order valence-corrected chi connectivity index (χ1v) is 12.7. The number of halogens is 2. The Balaban J connectivity index is 1.34. The van der Waals surface area contributed by atoms with Crippen LogP contribution in [0.3, 0.4) is 0 Å². The number of alkyl halides is 2. The molecular formula is C26H34F2N4O3. The van der Waals surface area contributed by atoms with Crippen molar-refractivity contribution in [2.24, 2.45) is 0 Å². The van der Waals surface area contributed by atoms with E-state index in [1.54, 1.807) is 6.92 Å². The van der Waals surface area contributed by atoms with E-state index in [1.165, 1.54) is 36.4 Å². The third-order valence-electron chi connectivity index (χ3n) is 6.71. The van der Waals surface area contributed by atoms with E-state index in [-0.39, 0.29) is 12.4 Å². The molecule has 0 aromatic carbocycles. The molecule has 1 saturated carbocycles. The maximum absolute atomic E-state index is 14.9. The first-order chi connectivity index (χ1) is 16.8. The van der Waals surface area contributed by atoms with E-state index in [2.05, 4.69) is 21.4 Å². The summed E-state index contributed by atoms with van der Waals surface area (Å²) in [4.78, 5) is 24.2. The summed E-state index contributed by atoms with van der Waals surface area (Å²) in [5.41, 5.74) is 4.00. The normalized spacial score (nSPS) is 16.3. The molecule has 1 fully saturated rings. The van der Waals surface area contributed by atoms with E-state index in [0.717, 1.165) is 30.9 Å². The Morgan fingerprint density at radius 3 is 2.74 bits per heavy atom. The molecule has 2 N–H and O–H groups in total. The molecule has 9 heteroatoms. The Bertz CT molecular complexity index is 1010. The zero-order valence-electron chi connectivity index (χ0n) is 20.2. The van der Waals surface area contributed by atoms with Crippen molar-refractivity contribution < 1.29 is 23.4 Å². The fourth-order valence-corrected chi connectivity index (χ4v) is 4.79. The molecule has 1 aliphatic carbocycles. The lowest BCUT2D eigenvalue weighted by Gasteiger charge is -2.23. The maximum atomic E-state index is 14.9. The standard InChI is InChI=1S/C26H34F2N4O3/c1-2-35-25-30-15-20(16-31-25)19(13-23(33)34)14-26(27,28)10-4-3-7-22-21(17-8-9-17)12-18-6-5-11-29-24(18)32-22/h12,15-17,19H,2-11,13-14H2,1H3,(H,29,32)(H,33,34)/t19-/m0/s1. The molecule has 0 radical (unpaired) electrons. The zero-order chi connectivity index (χ0) is 24.8. The molecule has 4 rings (SSSR count). The lowest BCUT2D eigenvalue weighted by atomic mass is 9.89. The van der Waals surface area contributed by atoms with Crippen LogP contribution in [-0.4, -0.2) is 45.1 Å². The van der Waals surface area contributed by atoms with Gasteiger partial charge in [0, 0.05) is 43.4 Å². The second-order valence-electron chi connectivity index (χ2n) is 9.63. The number of carbonyl (C=O) groups is 1. The fourth-order valence-electron chi connectivity index (χ4n) is 4.79. The van der Waals surface area contributed by atoms with Crippen LogP contribution in [-0.2, 0) is 17.6 Å². The SMILES string of the molecule is CCOc1ncc([C@@H](CC(=O)O)CC(F)(F)CCCCc2nc3c(cc2C2CC2)CCCN3)cn1. The highest BCUT2D eigenvalue weighted by Crippen LogP contribution is 2.43. The molecule has 35 heavy (non-hydrogen) atoms. The van der Waals surface area contributed by atoms with Crippen LogP contribution in [0.25, 0.3) is 0 Å². The predicted octanol–water partition coefficient (Wildman–Crippen LogP) is 5.50. The highest BCUT2D eigenvalue weighted by molar-refractivity contribution is 5.68. The number of carboxylic acids is 1. The monoisotopic (exact) mass is 488 g/mol. The van der Waals surface area contributed by atoms with Crippen LogP contribution in [0.5, 0.6) is 6.01 Å². The van der Waals surface area contributed by atoms with Gasteiger partial charge in [-0.25, -0.2) is 23.7 Å². The van der Waals surface area contributed by atoms with Crippen molar-refractivity contribution in [3.8, 4) is 6.01 Å². The minimum absolute atomic E-state index is 0.147. The van der Waals surface area contributed by atoms with Gasteiger partial charge >= 0.3 is 12.0 Å². The minimum atomic E-state index is -2.98. The van der Waals surface area contributed by atoms with Gasteiger partial charge in [0.05, 0.1) is 13.0 Å². The number of aromatic nitrogens is 3. The van der Waals surface area contributed by atoms with Crippen molar-refractivity contribution >= 4 is 11.8 Å². The number of nitrogens with one attached hydrogen (secondary N) is 1. The summed E-state index contributed by atoms with van der Waals surface area (Å²) in [6.07, 6.45) is 7.70. The largest absolute Gasteiger partial charge is 0.481 e. The molecule has 0 saturated heterocycles. The highest BCUT2D eigenvalue weighted by Gasteiger charge is 2.34. The number of carboxylic acid groups (broad SMARTS) is 1. The number of pyridine rings is 1. The van der Waals surface area contributed by atoms with Gasteiger partial charge in [0.1, 0.15) is 5.82 Å². The molecule has 0 amide bonds. The number of fused-ring (bicyclic) bond motifs is 1. The van der Waals surface area contributed by atoms with E-state index in [9.17, 15) is 18.7 Å². The van der Waals surface area contributed by atoms with Gasteiger partial charge in [0.25, 0.3) is 0 Å². The Hall–Kier alpha value is -2.84. The summed E-state index contributed by atoms with van der Waals surface area (Å²) in [5.74, 6) is -3.45. The first-order valence-electron chi connectivity index (χ1n) is 12.7. The minimum Gasteiger partial charge on any atom is -0.481 e. The Kier molecular flexibility index (Phi) is 8.13. The number of anilines is 1. The molecule has 2 aromatic heterocycles. The van der Waals surface area contributed by atoms with Gasteiger partial charge in [-0.05, 0) is 74.5 Å². The van der Waals surface area contributed by atoms with Gasteiger partial charge < -0.3 is 15.2 Å². The topological polar surface area (TPSA) is 97.2 Å². The van der Waals surface area contributed by atoms with Crippen LogP contribution in [0.15, 0.2) is 18.5 Å². The van der Waals surface area contributed by atoms with E-state index in [1.807, 2.05) is 0 Å². The van der Waals surface area contributed by atoms with Crippen LogP contribution in [0.2, 0.25) is 0 Å². The Morgan fingerprint density at radius 1 is 1.29 bits per heavy atom. The number of rotatable bonds is 13. The molecule has 0 unspecified atom stereocenters. The number of hydrogen-bond acceptors (Lipinski definition) is 6. The Labute approximate surface area is 204 Å². The average molecular weight is 489 g/mol. The predicted molar refractivity (Wildman–Crippen MR) is 128 cm³/mol. The number of aryl methyl sites for hydroxylation is 2. The molecular weight excluding hydrogens is 454 g/mol. The van der Waals surface area contributed by atoms with E-state index >= 15 is 0 Å². The molecule has 3 heterocycles. The molecule has 0 bridgehead atoms. The maximum Gasteiger partial charge on any atom is 0.316 e. The van der Waals surface area contributed by atoms with Gasteiger partial charge in [-0.3, -0.25) is 4.79 Å². The quantitative estimate of drug-likeness (QED) is 0.359. The van der Waals surface area contributed by atoms with Crippen LogP contribution in [0.4, 0.5) is 14.6 Å². The second kappa shape index (κ2) is 11.3. The molecule has 190 valence electrons. The highest BCUT2D eigenvalue weighted by atomic mass is 19.3. The van der Waals surface area contributed by atoms with Crippen LogP contribution in [0.1, 0.15) is 92.5 Å². The third-order valence-corrected chi connectivity index (χ3v) is 6.71. The molecule has 1 aliphatic heterocycles. The van der Waals surface area contributed by atoms with Gasteiger partial charge in [-0.15, -0.1) is 0 Å². The summed E-state index contributed by atoms with van der Waals surface area (Å²) in [6, 6.07) is 2.43. The summed E-state index contributed by atoms with van der Waals surface area (Å²) < 4.78 is 35.0. The number of hydrogen-bond donors (Lipinski definition) is 2. The first kappa shape index (κ1) is 25.3. The van der Waals surface area contributed by atoms with Crippen molar-refractivity contribution in [2.75, 3.05) is 18.5 Å². The average Bonchev–Trinajstić information content (AvgIpc) is 3.67. The fraction of sp³-hybridized carbons (Fsp3) is 0.615. The molecule has 2 aromatic rings. The van der Waals surface area contributed by atoms with Crippen molar-refractivity contribution in [2.45, 2.75) is 88.9 Å². The summed E-state index contributed by atoms with van der Waals surface area (Å²) in [7, 11) is 0. The van der Waals surface area contributed by atoms with E-state index in [4.69, 9.17) is 9.72 Å².